The number of nitrogens with one attached hydrogen (secondary N) is 2. The third kappa shape index (κ3) is 4.47. The number of methoxy groups -OCH3 is 1. The minimum atomic E-state index is 0.570. The number of hydrogen-bond donors (Lipinski definition) is 2. The molecule has 1 aromatic heterocycles. The summed E-state index contributed by atoms with van der Waals surface area (Å²) in [5, 5.41) is 6.54. The van der Waals surface area contributed by atoms with Gasteiger partial charge in [-0.05, 0) is 36.2 Å². The highest BCUT2D eigenvalue weighted by Crippen LogP contribution is 2.19. The molecule has 0 saturated heterocycles. The molecule has 0 fully saturated rings. The van der Waals surface area contributed by atoms with Crippen molar-refractivity contribution < 1.29 is 4.74 Å². The second kappa shape index (κ2) is 8.15. The van der Waals surface area contributed by atoms with E-state index in [1.807, 2.05) is 30.3 Å². The smallest absolute Gasteiger partial charge is 0.224 e. The average molecular weight is 334 g/mol. The van der Waals surface area contributed by atoms with Crippen LogP contribution >= 0.6 is 0 Å². The molecule has 0 saturated carbocycles. The number of ether oxygens (including phenoxy) is 1. The van der Waals surface area contributed by atoms with Crippen molar-refractivity contribution in [2.45, 2.75) is 19.9 Å². The maximum atomic E-state index is 5.36. The molecule has 0 amide bonds. The first-order chi connectivity index (χ1) is 12.3. The fourth-order valence-electron chi connectivity index (χ4n) is 2.51. The molecule has 1 heterocycles. The zero-order chi connectivity index (χ0) is 17.5. The Kier molecular flexibility index (Phi) is 5.46. The third-order valence-electron chi connectivity index (χ3n) is 3.92. The lowest BCUT2D eigenvalue weighted by Gasteiger charge is -2.11. The number of anilines is 3. The van der Waals surface area contributed by atoms with Crippen LogP contribution in [0.15, 0.2) is 60.8 Å². The van der Waals surface area contributed by atoms with Crippen molar-refractivity contribution in [3.63, 3.8) is 0 Å². The fourth-order valence-corrected chi connectivity index (χ4v) is 2.51. The van der Waals surface area contributed by atoms with E-state index in [0.717, 1.165) is 29.2 Å². The molecule has 0 aliphatic rings. The maximum Gasteiger partial charge on any atom is 0.224 e. The summed E-state index contributed by atoms with van der Waals surface area (Å²) in [6, 6.07) is 18.1. The second-order valence-corrected chi connectivity index (χ2v) is 5.61. The number of rotatable bonds is 7. The van der Waals surface area contributed by atoms with Crippen LogP contribution in [0.4, 0.5) is 17.5 Å². The SMILES string of the molecule is CCc1ccc(Nc2ccnc(NCc3ccccc3OC)n2)cc1. The summed E-state index contributed by atoms with van der Waals surface area (Å²) in [4.78, 5) is 8.78. The largest absolute Gasteiger partial charge is 0.496 e. The molecule has 5 heteroatoms. The Balaban J connectivity index is 1.66. The summed E-state index contributed by atoms with van der Waals surface area (Å²) < 4.78 is 5.36. The van der Waals surface area contributed by atoms with Crippen molar-refractivity contribution in [1.29, 1.82) is 0 Å². The van der Waals surface area contributed by atoms with Gasteiger partial charge in [0.15, 0.2) is 0 Å². The summed E-state index contributed by atoms with van der Waals surface area (Å²) in [5.74, 6) is 2.17. The Morgan fingerprint density at radius 1 is 1.00 bits per heavy atom. The first kappa shape index (κ1) is 16.8. The molecule has 0 aliphatic heterocycles. The molecule has 2 N–H and O–H groups in total. The quantitative estimate of drug-likeness (QED) is 0.670. The zero-order valence-corrected chi connectivity index (χ0v) is 14.5. The van der Waals surface area contributed by atoms with Crippen LogP contribution in [0, 0.1) is 0 Å². The van der Waals surface area contributed by atoms with Crippen LogP contribution in [0.2, 0.25) is 0 Å². The van der Waals surface area contributed by atoms with Gasteiger partial charge in [-0.1, -0.05) is 37.3 Å². The van der Waals surface area contributed by atoms with Gasteiger partial charge in [0.1, 0.15) is 11.6 Å². The normalized spacial score (nSPS) is 10.3. The monoisotopic (exact) mass is 334 g/mol. The molecule has 5 nitrogen and oxygen atoms in total. The summed E-state index contributed by atoms with van der Waals surface area (Å²) in [6.07, 6.45) is 2.77. The maximum absolute atomic E-state index is 5.36. The van der Waals surface area contributed by atoms with Gasteiger partial charge in [-0.15, -0.1) is 0 Å². The highest BCUT2D eigenvalue weighted by atomic mass is 16.5. The first-order valence-electron chi connectivity index (χ1n) is 8.33. The van der Waals surface area contributed by atoms with E-state index in [-0.39, 0.29) is 0 Å². The van der Waals surface area contributed by atoms with E-state index in [1.165, 1.54) is 5.56 Å². The van der Waals surface area contributed by atoms with Gasteiger partial charge in [0.25, 0.3) is 0 Å². The van der Waals surface area contributed by atoms with E-state index in [2.05, 4.69) is 51.8 Å². The standard InChI is InChI=1S/C20H22N4O/c1-3-15-8-10-17(11-9-15)23-19-12-13-21-20(24-19)22-14-16-6-4-5-7-18(16)25-2/h4-13H,3,14H2,1-2H3,(H2,21,22,23,24). The van der Waals surface area contributed by atoms with Gasteiger partial charge >= 0.3 is 0 Å². The number of benzene rings is 2. The molecule has 0 bridgehead atoms. The highest BCUT2D eigenvalue weighted by Gasteiger charge is 2.04. The van der Waals surface area contributed by atoms with Crippen molar-refractivity contribution in [2.75, 3.05) is 17.7 Å². The molecule has 0 atom stereocenters. The van der Waals surface area contributed by atoms with Crippen LogP contribution in [0.5, 0.6) is 5.75 Å². The van der Waals surface area contributed by atoms with Crippen LogP contribution < -0.4 is 15.4 Å². The van der Waals surface area contributed by atoms with Crippen LogP contribution in [-0.4, -0.2) is 17.1 Å². The zero-order valence-electron chi connectivity index (χ0n) is 14.5. The molecule has 128 valence electrons. The minimum absolute atomic E-state index is 0.570. The van der Waals surface area contributed by atoms with E-state index >= 15 is 0 Å². The van der Waals surface area contributed by atoms with Gasteiger partial charge in [-0.3, -0.25) is 0 Å². The number of para-hydroxylation sites is 1. The lowest BCUT2D eigenvalue weighted by Crippen LogP contribution is -2.06. The van der Waals surface area contributed by atoms with E-state index in [0.29, 0.717) is 12.5 Å². The molecule has 0 unspecified atom stereocenters. The summed E-state index contributed by atoms with van der Waals surface area (Å²) in [6.45, 7) is 2.74. The van der Waals surface area contributed by atoms with Crippen LogP contribution in [0.25, 0.3) is 0 Å². The summed E-state index contributed by atoms with van der Waals surface area (Å²) in [5.41, 5.74) is 3.38. The topological polar surface area (TPSA) is 59.1 Å². The molecule has 25 heavy (non-hydrogen) atoms. The lowest BCUT2D eigenvalue weighted by atomic mass is 10.1. The average Bonchev–Trinajstić information content (AvgIpc) is 2.67. The Morgan fingerprint density at radius 2 is 1.80 bits per heavy atom. The van der Waals surface area contributed by atoms with E-state index < -0.39 is 0 Å². The molecule has 0 spiro atoms. The Morgan fingerprint density at radius 3 is 2.56 bits per heavy atom. The van der Waals surface area contributed by atoms with E-state index in [9.17, 15) is 0 Å². The van der Waals surface area contributed by atoms with Crippen molar-refractivity contribution >= 4 is 17.5 Å². The third-order valence-corrected chi connectivity index (χ3v) is 3.92. The number of aromatic nitrogens is 2. The summed E-state index contributed by atoms with van der Waals surface area (Å²) >= 11 is 0. The van der Waals surface area contributed by atoms with Crippen molar-refractivity contribution in [3.8, 4) is 5.75 Å². The van der Waals surface area contributed by atoms with E-state index in [4.69, 9.17) is 4.74 Å². The molecule has 2 aromatic carbocycles. The van der Waals surface area contributed by atoms with Crippen LogP contribution in [0.3, 0.4) is 0 Å². The van der Waals surface area contributed by atoms with Crippen molar-refractivity contribution in [1.82, 2.24) is 9.97 Å². The van der Waals surface area contributed by atoms with Gasteiger partial charge in [0, 0.05) is 24.0 Å². The molecular weight excluding hydrogens is 312 g/mol. The fraction of sp³-hybridized carbons (Fsp3) is 0.200. The van der Waals surface area contributed by atoms with Crippen molar-refractivity contribution in [3.05, 3.63) is 71.9 Å². The highest BCUT2D eigenvalue weighted by molar-refractivity contribution is 5.57. The summed E-state index contributed by atoms with van der Waals surface area (Å²) in [7, 11) is 1.67. The van der Waals surface area contributed by atoms with Gasteiger partial charge < -0.3 is 15.4 Å². The Labute approximate surface area is 148 Å². The van der Waals surface area contributed by atoms with Gasteiger partial charge in [-0.25, -0.2) is 4.98 Å². The number of aryl methyl sites for hydroxylation is 1. The Hall–Kier alpha value is -3.08. The molecule has 0 aliphatic carbocycles. The molecular formula is C20H22N4O. The van der Waals surface area contributed by atoms with Crippen LogP contribution in [-0.2, 0) is 13.0 Å². The molecule has 0 radical (unpaired) electrons. The molecule has 3 aromatic rings. The number of nitrogens with zero attached hydrogens (tertiary/aromatic N) is 2. The first-order valence-corrected chi connectivity index (χ1v) is 8.33. The lowest BCUT2D eigenvalue weighted by molar-refractivity contribution is 0.410. The van der Waals surface area contributed by atoms with E-state index in [1.54, 1.807) is 13.3 Å². The minimum Gasteiger partial charge on any atom is -0.496 e. The predicted molar refractivity (Wildman–Crippen MR) is 101 cm³/mol. The van der Waals surface area contributed by atoms with Gasteiger partial charge in [0.05, 0.1) is 7.11 Å². The van der Waals surface area contributed by atoms with Gasteiger partial charge in [-0.2, -0.15) is 4.98 Å². The predicted octanol–water partition coefficient (Wildman–Crippen LogP) is 4.40. The molecule has 3 rings (SSSR count). The van der Waals surface area contributed by atoms with Crippen molar-refractivity contribution in [2.24, 2.45) is 0 Å². The van der Waals surface area contributed by atoms with Crippen LogP contribution in [0.1, 0.15) is 18.1 Å². The number of hydrogen-bond acceptors (Lipinski definition) is 5. The van der Waals surface area contributed by atoms with Gasteiger partial charge in [0.2, 0.25) is 5.95 Å². The second-order valence-electron chi connectivity index (χ2n) is 5.61. The Bertz CT molecular complexity index is 818.